The average molecular weight is 200 g/mol. The number of hydrogen-bond acceptors (Lipinski definition) is 2. The standard InChI is InChI=1S/C9H16N2O3/c1-6(7(12)13)10-8(14)11-4-9(2,3)5-11/h6H,4-5H2,1-3H3,(H,10,14)(H,12,13). The van der Waals surface area contributed by atoms with Gasteiger partial charge in [-0.3, -0.25) is 4.79 Å². The second-order valence-electron chi connectivity index (χ2n) is 4.53. The van der Waals surface area contributed by atoms with Crippen LogP contribution in [0.2, 0.25) is 0 Å². The van der Waals surface area contributed by atoms with Gasteiger partial charge in [0.1, 0.15) is 6.04 Å². The summed E-state index contributed by atoms with van der Waals surface area (Å²) in [7, 11) is 0. The first-order valence-corrected chi connectivity index (χ1v) is 4.60. The molecule has 1 rings (SSSR count). The van der Waals surface area contributed by atoms with Crippen LogP contribution < -0.4 is 5.32 Å². The first-order chi connectivity index (χ1) is 6.32. The number of hydrogen-bond donors (Lipinski definition) is 2. The van der Waals surface area contributed by atoms with Crippen molar-refractivity contribution in [2.75, 3.05) is 13.1 Å². The summed E-state index contributed by atoms with van der Waals surface area (Å²) in [5.74, 6) is -1.02. The van der Waals surface area contributed by atoms with Crippen molar-refractivity contribution >= 4 is 12.0 Å². The molecule has 0 aromatic carbocycles. The van der Waals surface area contributed by atoms with Gasteiger partial charge in [-0.25, -0.2) is 4.79 Å². The molecule has 0 aliphatic carbocycles. The second kappa shape index (κ2) is 3.48. The summed E-state index contributed by atoms with van der Waals surface area (Å²) in [4.78, 5) is 23.4. The van der Waals surface area contributed by atoms with Gasteiger partial charge in [0.2, 0.25) is 0 Å². The maximum absolute atomic E-state index is 11.4. The van der Waals surface area contributed by atoms with Crippen molar-refractivity contribution in [1.29, 1.82) is 0 Å². The molecule has 0 aromatic heterocycles. The minimum atomic E-state index is -1.02. The highest BCUT2D eigenvalue weighted by Crippen LogP contribution is 2.28. The molecule has 1 aliphatic rings. The summed E-state index contributed by atoms with van der Waals surface area (Å²) < 4.78 is 0. The second-order valence-corrected chi connectivity index (χ2v) is 4.53. The zero-order valence-corrected chi connectivity index (χ0v) is 8.70. The topological polar surface area (TPSA) is 69.6 Å². The normalized spacial score (nSPS) is 20.9. The summed E-state index contributed by atoms with van der Waals surface area (Å²) in [5.41, 5.74) is 0.170. The Morgan fingerprint density at radius 3 is 2.29 bits per heavy atom. The number of carboxylic acids is 1. The van der Waals surface area contributed by atoms with Crippen LogP contribution in [0, 0.1) is 5.41 Å². The van der Waals surface area contributed by atoms with E-state index in [1.165, 1.54) is 6.92 Å². The van der Waals surface area contributed by atoms with Gasteiger partial charge in [0.15, 0.2) is 0 Å². The van der Waals surface area contributed by atoms with Crippen LogP contribution >= 0.6 is 0 Å². The van der Waals surface area contributed by atoms with Crippen molar-refractivity contribution in [2.24, 2.45) is 5.41 Å². The van der Waals surface area contributed by atoms with Crippen molar-refractivity contribution in [1.82, 2.24) is 10.2 Å². The Labute approximate surface area is 83.1 Å². The third-order valence-electron chi connectivity index (χ3n) is 2.24. The third kappa shape index (κ3) is 2.37. The predicted molar refractivity (Wildman–Crippen MR) is 51.0 cm³/mol. The highest BCUT2D eigenvalue weighted by molar-refractivity contribution is 5.82. The lowest BCUT2D eigenvalue weighted by molar-refractivity contribution is -0.138. The van der Waals surface area contributed by atoms with E-state index in [4.69, 9.17) is 5.11 Å². The monoisotopic (exact) mass is 200 g/mol. The van der Waals surface area contributed by atoms with E-state index in [0.717, 1.165) is 0 Å². The summed E-state index contributed by atoms with van der Waals surface area (Å²) in [5, 5.41) is 11.0. The van der Waals surface area contributed by atoms with Gasteiger partial charge in [-0.05, 0) is 6.92 Å². The van der Waals surface area contributed by atoms with Gasteiger partial charge in [-0.15, -0.1) is 0 Å². The Morgan fingerprint density at radius 1 is 1.43 bits per heavy atom. The molecule has 0 radical (unpaired) electrons. The minimum absolute atomic E-state index is 0.170. The molecule has 0 spiro atoms. The molecular formula is C9H16N2O3. The quantitative estimate of drug-likeness (QED) is 0.682. The van der Waals surface area contributed by atoms with E-state index in [9.17, 15) is 9.59 Å². The molecular weight excluding hydrogens is 184 g/mol. The Bertz CT molecular complexity index is 255. The highest BCUT2D eigenvalue weighted by atomic mass is 16.4. The maximum atomic E-state index is 11.4. The number of urea groups is 1. The van der Waals surface area contributed by atoms with Crippen LogP contribution in [-0.2, 0) is 4.79 Å². The van der Waals surface area contributed by atoms with Gasteiger partial charge in [0.05, 0.1) is 0 Å². The number of carboxylic acid groups (broad SMARTS) is 1. The molecule has 1 unspecified atom stereocenters. The fraction of sp³-hybridized carbons (Fsp3) is 0.778. The number of carbonyl (C=O) groups excluding carboxylic acids is 1. The van der Waals surface area contributed by atoms with E-state index >= 15 is 0 Å². The molecule has 14 heavy (non-hydrogen) atoms. The van der Waals surface area contributed by atoms with Gasteiger partial charge in [0, 0.05) is 18.5 Å². The van der Waals surface area contributed by atoms with Crippen LogP contribution in [0.4, 0.5) is 4.79 Å². The van der Waals surface area contributed by atoms with Crippen LogP contribution in [-0.4, -0.2) is 41.1 Å². The zero-order valence-electron chi connectivity index (χ0n) is 8.70. The lowest BCUT2D eigenvalue weighted by Gasteiger charge is -2.45. The molecule has 1 heterocycles. The number of carbonyl (C=O) groups is 2. The van der Waals surface area contributed by atoms with Crippen LogP contribution in [0.25, 0.3) is 0 Å². The molecule has 1 fully saturated rings. The maximum Gasteiger partial charge on any atom is 0.325 e. The molecule has 0 saturated carbocycles. The van der Waals surface area contributed by atoms with Gasteiger partial charge < -0.3 is 15.3 Å². The minimum Gasteiger partial charge on any atom is -0.480 e. The van der Waals surface area contributed by atoms with Crippen LogP contribution in [0.5, 0.6) is 0 Å². The number of amides is 2. The molecule has 1 aliphatic heterocycles. The number of likely N-dealkylation sites (tertiary alicyclic amines) is 1. The van der Waals surface area contributed by atoms with Crippen LogP contribution in [0.1, 0.15) is 20.8 Å². The average Bonchev–Trinajstić information content (AvgIpc) is 1.99. The fourth-order valence-corrected chi connectivity index (χ4v) is 1.47. The molecule has 0 bridgehead atoms. The first-order valence-electron chi connectivity index (χ1n) is 4.60. The van der Waals surface area contributed by atoms with Crippen molar-refractivity contribution in [3.05, 3.63) is 0 Å². The lowest BCUT2D eigenvalue weighted by atomic mass is 9.85. The highest BCUT2D eigenvalue weighted by Gasteiger charge is 2.37. The zero-order chi connectivity index (χ0) is 10.9. The van der Waals surface area contributed by atoms with Crippen LogP contribution in [0.3, 0.4) is 0 Å². The van der Waals surface area contributed by atoms with Crippen molar-refractivity contribution in [2.45, 2.75) is 26.8 Å². The largest absolute Gasteiger partial charge is 0.480 e. The first kappa shape index (κ1) is 10.8. The Kier molecular flexibility index (Phi) is 2.69. The van der Waals surface area contributed by atoms with E-state index in [1.54, 1.807) is 4.90 Å². The van der Waals surface area contributed by atoms with E-state index < -0.39 is 12.0 Å². The van der Waals surface area contributed by atoms with Crippen molar-refractivity contribution in [3.63, 3.8) is 0 Å². The molecule has 1 saturated heterocycles. The van der Waals surface area contributed by atoms with Crippen molar-refractivity contribution in [3.8, 4) is 0 Å². The van der Waals surface area contributed by atoms with Gasteiger partial charge in [0.25, 0.3) is 0 Å². The number of nitrogens with one attached hydrogen (secondary N) is 1. The van der Waals surface area contributed by atoms with E-state index in [1.807, 2.05) is 0 Å². The van der Waals surface area contributed by atoms with E-state index in [-0.39, 0.29) is 11.4 Å². The fourth-order valence-electron chi connectivity index (χ4n) is 1.47. The summed E-state index contributed by atoms with van der Waals surface area (Å²) in [6, 6.07) is -1.12. The Hall–Kier alpha value is -1.26. The van der Waals surface area contributed by atoms with Crippen LogP contribution in [0.15, 0.2) is 0 Å². The Morgan fingerprint density at radius 2 is 1.93 bits per heavy atom. The predicted octanol–water partition coefficient (Wildman–Crippen LogP) is 0.511. The summed E-state index contributed by atoms with van der Waals surface area (Å²) >= 11 is 0. The number of rotatable bonds is 2. The molecule has 0 aromatic rings. The molecule has 5 heteroatoms. The smallest absolute Gasteiger partial charge is 0.325 e. The van der Waals surface area contributed by atoms with Gasteiger partial charge in [-0.1, -0.05) is 13.8 Å². The molecule has 2 N–H and O–H groups in total. The summed E-state index contributed by atoms with van der Waals surface area (Å²) in [6.45, 7) is 6.95. The molecule has 1 atom stereocenters. The van der Waals surface area contributed by atoms with Gasteiger partial charge >= 0.3 is 12.0 Å². The van der Waals surface area contributed by atoms with E-state index in [2.05, 4.69) is 19.2 Å². The van der Waals surface area contributed by atoms with Crippen molar-refractivity contribution < 1.29 is 14.7 Å². The molecule has 5 nitrogen and oxygen atoms in total. The summed E-state index contributed by atoms with van der Waals surface area (Å²) in [6.07, 6.45) is 0. The Balaban J connectivity index is 2.34. The van der Waals surface area contributed by atoms with E-state index in [0.29, 0.717) is 13.1 Å². The molecule has 2 amide bonds. The molecule has 80 valence electrons. The lowest BCUT2D eigenvalue weighted by Crippen LogP contribution is -2.59. The third-order valence-corrected chi connectivity index (χ3v) is 2.24. The number of aliphatic carboxylic acids is 1. The number of nitrogens with zero attached hydrogens (tertiary/aromatic N) is 1. The SMILES string of the molecule is CC(NC(=O)N1CC(C)(C)C1)C(=O)O. The van der Waals surface area contributed by atoms with Gasteiger partial charge in [-0.2, -0.15) is 0 Å².